The molecule has 2 N–H and O–H groups in total. The number of ether oxygens (including phenoxy) is 1. The van der Waals surface area contributed by atoms with Gasteiger partial charge in [-0.25, -0.2) is 0 Å². The fourth-order valence-electron chi connectivity index (χ4n) is 2.71. The van der Waals surface area contributed by atoms with E-state index in [1.807, 2.05) is 19.2 Å². The van der Waals surface area contributed by atoms with Crippen LogP contribution in [0.3, 0.4) is 0 Å². The van der Waals surface area contributed by atoms with Gasteiger partial charge in [-0.05, 0) is 37.4 Å². The molecule has 0 saturated heterocycles. The number of benzene rings is 1. The van der Waals surface area contributed by atoms with Crippen LogP contribution >= 0.6 is 0 Å². The Morgan fingerprint density at radius 2 is 2.37 bits per heavy atom. The lowest BCUT2D eigenvalue weighted by Gasteiger charge is -2.28. The van der Waals surface area contributed by atoms with Gasteiger partial charge >= 0.3 is 0 Å². The minimum atomic E-state index is 0.218. The van der Waals surface area contributed by atoms with Crippen LogP contribution in [0.2, 0.25) is 0 Å². The van der Waals surface area contributed by atoms with Crippen LogP contribution in [0.25, 0.3) is 0 Å². The summed E-state index contributed by atoms with van der Waals surface area (Å²) >= 11 is 0. The van der Waals surface area contributed by atoms with Crippen molar-refractivity contribution in [3.8, 4) is 5.75 Å². The van der Waals surface area contributed by atoms with E-state index in [0.29, 0.717) is 5.92 Å². The van der Waals surface area contributed by atoms with Crippen LogP contribution in [0.15, 0.2) is 30.5 Å². The molecule has 0 amide bonds. The molecule has 0 spiro atoms. The maximum Gasteiger partial charge on any atom is 0.122 e. The third-order valence-electron chi connectivity index (χ3n) is 3.74. The second kappa shape index (κ2) is 5.40. The standard InChI is InChI=1S/C14H18N4O/c1-15-12(13-9-16-18-17-13)8-10-6-7-19-14-5-3-2-4-11(10)14/h2-5,9-10,12,15H,6-8H2,1H3,(H,16,17,18). The molecule has 3 rings (SSSR count). The second-order valence-corrected chi connectivity index (χ2v) is 4.84. The molecule has 2 aromatic rings. The molecule has 1 aromatic heterocycles. The van der Waals surface area contributed by atoms with Gasteiger partial charge in [0.1, 0.15) is 5.75 Å². The average molecular weight is 258 g/mol. The Balaban J connectivity index is 1.80. The molecular weight excluding hydrogens is 240 g/mol. The lowest BCUT2D eigenvalue weighted by molar-refractivity contribution is 0.256. The molecule has 2 atom stereocenters. The zero-order valence-corrected chi connectivity index (χ0v) is 11.0. The number of rotatable bonds is 4. The minimum absolute atomic E-state index is 0.218. The van der Waals surface area contributed by atoms with Crippen molar-refractivity contribution >= 4 is 0 Å². The van der Waals surface area contributed by atoms with Gasteiger partial charge in [0, 0.05) is 0 Å². The molecule has 5 heteroatoms. The van der Waals surface area contributed by atoms with Crippen LogP contribution in [0.1, 0.15) is 36.1 Å². The fraction of sp³-hybridized carbons (Fsp3) is 0.429. The summed E-state index contributed by atoms with van der Waals surface area (Å²) in [7, 11) is 1.96. The highest BCUT2D eigenvalue weighted by atomic mass is 16.5. The molecular formula is C14H18N4O. The van der Waals surface area contributed by atoms with Crippen molar-refractivity contribution in [3.05, 3.63) is 41.7 Å². The van der Waals surface area contributed by atoms with Crippen molar-refractivity contribution in [1.29, 1.82) is 0 Å². The van der Waals surface area contributed by atoms with Gasteiger partial charge in [0.15, 0.2) is 0 Å². The zero-order valence-electron chi connectivity index (χ0n) is 11.0. The van der Waals surface area contributed by atoms with Crippen molar-refractivity contribution in [2.24, 2.45) is 0 Å². The molecule has 0 bridgehead atoms. The first-order chi connectivity index (χ1) is 9.38. The van der Waals surface area contributed by atoms with Gasteiger partial charge in [-0.3, -0.25) is 0 Å². The maximum atomic E-state index is 5.71. The predicted octanol–water partition coefficient (Wildman–Crippen LogP) is 2.02. The fourth-order valence-corrected chi connectivity index (χ4v) is 2.71. The van der Waals surface area contributed by atoms with Gasteiger partial charge in [-0.15, -0.1) is 0 Å². The Kier molecular flexibility index (Phi) is 3.46. The average Bonchev–Trinajstić information content (AvgIpc) is 2.99. The minimum Gasteiger partial charge on any atom is -0.493 e. The van der Waals surface area contributed by atoms with Gasteiger partial charge in [0.25, 0.3) is 0 Å². The van der Waals surface area contributed by atoms with Gasteiger partial charge in [0.2, 0.25) is 0 Å². The highest BCUT2D eigenvalue weighted by molar-refractivity contribution is 5.37. The molecule has 19 heavy (non-hydrogen) atoms. The van der Waals surface area contributed by atoms with E-state index in [1.165, 1.54) is 5.56 Å². The molecule has 0 aliphatic carbocycles. The molecule has 100 valence electrons. The summed E-state index contributed by atoms with van der Waals surface area (Å²) in [5, 5.41) is 14.1. The first kappa shape index (κ1) is 12.2. The largest absolute Gasteiger partial charge is 0.493 e. The molecule has 0 saturated carbocycles. The Morgan fingerprint density at radius 3 is 3.16 bits per heavy atom. The topological polar surface area (TPSA) is 62.8 Å². The van der Waals surface area contributed by atoms with Gasteiger partial charge in [-0.1, -0.05) is 18.2 Å². The van der Waals surface area contributed by atoms with Crippen molar-refractivity contribution in [2.75, 3.05) is 13.7 Å². The monoisotopic (exact) mass is 258 g/mol. The smallest absolute Gasteiger partial charge is 0.122 e. The summed E-state index contributed by atoms with van der Waals surface area (Å²) < 4.78 is 5.71. The summed E-state index contributed by atoms with van der Waals surface area (Å²) in [5.41, 5.74) is 2.27. The third-order valence-corrected chi connectivity index (χ3v) is 3.74. The summed E-state index contributed by atoms with van der Waals surface area (Å²) in [6.45, 7) is 0.789. The summed E-state index contributed by atoms with van der Waals surface area (Å²) in [4.78, 5) is 0. The molecule has 0 fully saturated rings. The number of aromatic amines is 1. The number of H-pyrrole nitrogens is 1. The van der Waals surface area contributed by atoms with Crippen molar-refractivity contribution in [3.63, 3.8) is 0 Å². The van der Waals surface area contributed by atoms with Crippen LogP contribution in [-0.4, -0.2) is 29.1 Å². The highest BCUT2D eigenvalue weighted by Crippen LogP contribution is 2.38. The number of hydrogen-bond donors (Lipinski definition) is 2. The second-order valence-electron chi connectivity index (χ2n) is 4.84. The number of nitrogens with one attached hydrogen (secondary N) is 2. The van der Waals surface area contributed by atoms with E-state index in [9.17, 15) is 0 Å². The number of fused-ring (bicyclic) bond motifs is 1. The Hall–Kier alpha value is -1.88. The van der Waals surface area contributed by atoms with E-state index < -0.39 is 0 Å². The molecule has 1 aliphatic rings. The van der Waals surface area contributed by atoms with Crippen LogP contribution < -0.4 is 10.1 Å². The summed E-state index contributed by atoms with van der Waals surface area (Å²) in [5.74, 6) is 1.52. The van der Waals surface area contributed by atoms with Gasteiger partial charge in [-0.2, -0.15) is 15.4 Å². The summed E-state index contributed by atoms with van der Waals surface area (Å²) in [6.07, 6.45) is 3.84. The van der Waals surface area contributed by atoms with E-state index in [2.05, 4.69) is 32.9 Å². The SMILES string of the molecule is CNC(CC1CCOc2ccccc21)c1cn[nH]n1. The molecule has 2 heterocycles. The number of hydrogen-bond acceptors (Lipinski definition) is 4. The van der Waals surface area contributed by atoms with Crippen molar-refractivity contribution < 1.29 is 4.74 Å². The first-order valence-corrected chi connectivity index (χ1v) is 6.63. The number of para-hydroxylation sites is 1. The third kappa shape index (κ3) is 2.46. The van der Waals surface area contributed by atoms with E-state index in [1.54, 1.807) is 6.20 Å². The Labute approximate surface area is 112 Å². The Morgan fingerprint density at radius 1 is 1.47 bits per heavy atom. The van der Waals surface area contributed by atoms with Crippen molar-refractivity contribution in [1.82, 2.24) is 20.7 Å². The van der Waals surface area contributed by atoms with E-state index in [-0.39, 0.29) is 6.04 Å². The molecule has 0 radical (unpaired) electrons. The lowest BCUT2D eigenvalue weighted by atomic mass is 9.87. The van der Waals surface area contributed by atoms with Crippen LogP contribution in [-0.2, 0) is 0 Å². The van der Waals surface area contributed by atoms with E-state index in [0.717, 1.165) is 30.9 Å². The molecule has 1 aliphatic heterocycles. The van der Waals surface area contributed by atoms with Gasteiger partial charge < -0.3 is 10.1 Å². The van der Waals surface area contributed by atoms with E-state index >= 15 is 0 Å². The highest BCUT2D eigenvalue weighted by Gasteiger charge is 2.25. The van der Waals surface area contributed by atoms with Crippen LogP contribution in [0, 0.1) is 0 Å². The molecule has 2 unspecified atom stereocenters. The quantitative estimate of drug-likeness (QED) is 0.880. The van der Waals surface area contributed by atoms with Crippen molar-refractivity contribution in [2.45, 2.75) is 24.8 Å². The Bertz CT molecular complexity index is 526. The van der Waals surface area contributed by atoms with Crippen LogP contribution in [0.5, 0.6) is 5.75 Å². The lowest BCUT2D eigenvalue weighted by Crippen LogP contribution is -2.23. The predicted molar refractivity (Wildman–Crippen MR) is 72.1 cm³/mol. The van der Waals surface area contributed by atoms with E-state index in [4.69, 9.17) is 4.74 Å². The first-order valence-electron chi connectivity index (χ1n) is 6.63. The normalized spacial score (nSPS) is 19.5. The van der Waals surface area contributed by atoms with Gasteiger partial charge in [0.05, 0.1) is 24.5 Å². The number of aromatic nitrogens is 3. The zero-order chi connectivity index (χ0) is 13.1. The maximum absolute atomic E-state index is 5.71. The van der Waals surface area contributed by atoms with Crippen LogP contribution in [0.4, 0.5) is 0 Å². The number of nitrogens with zero attached hydrogens (tertiary/aromatic N) is 2. The molecule has 5 nitrogen and oxygen atoms in total. The summed E-state index contributed by atoms with van der Waals surface area (Å²) in [6, 6.07) is 8.52. The molecule has 1 aromatic carbocycles.